The molecule has 0 aliphatic carbocycles. The molecule has 1 atom stereocenters. The Morgan fingerprint density at radius 1 is 0.806 bits per heavy atom. The SMILES string of the molecule is COC(=O)CC(NC(=O)c1cc(-c2cc(F)cc(F)c2)ccc1O)c1ccc(-c2ccccc2)cc1. The number of ether oxygens (including phenoxy) is 1. The first-order valence-corrected chi connectivity index (χ1v) is 11.2. The van der Waals surface area contributed by atoms with Crippen LogP contribution in [0.2, 0.25) is 0 Å². The van der Waals surface area contributed by atoms with Gasteiger partial charge in [0.2, 0.25) is 0 Å². The van der Waals surface area contributed by atoms with E-state index in [0.29, 0.717) is 11.1 Å². The van der Waals surface area contributed by atoms with Gasteiger partial charge in [-0.1, -0.05) is 60.7 Å². The first kappa shape index (κ1) is 24.6. The van der Waals surface area contributed by atoms with Gasteiger partial charge in [0.1, 0.15) is 17.4 Å². The normalized spacial score (nSPS) is 11.5. The minimum absolute atomic E-state index is 0.104. The van der Waals surface area contributed by atoms with Gasteiger partial charge in [-0.05, 0) is 52.1 Å². The lowest BCUT2D eigenvalue weighted by Crippen LogP contribution is -2.30. The second kappa shape index (κ2) is 10.8. The largest absolute Gasteiger partial charge is 0.507 e. The van der Waals surface area contributed by atoms with Gasteiger partial charge >= 0.3 is 5.97 Å². The predicted molar refractivity (Wildman–Crippen MR) is 132 cm³/mol. The summed E-state index contributed by atoms with van der Waals surface area (Å²) in [7, 11) is 1.26. The number of methoxy groups -OCH3 is 1. The Bertz CT molecular complexity index is 1370. The maximum Gasteiger partial charge on any atom is 0.307 e. The van der Waals surface area contributed by atoms with E-state index in [0.717, 1.165) is 29.3 Å². The van der Waals surface area contributed by atoms with Crippen molar-refractivity contribution >= 4 is 11.9 Å². The van der Waals surface area contributed by atoms with Crippen LogP contribution in [-0.4, -0.2) is 24.1 Å². The van der Waals surface area contributed by atoms with Crippen molar-refractivity contribution in [1.29, 1.82) is 0 Å². The Labute approximate surface area is 207 Å². The molecule has 7 heteroatoms. The molecule has 0 saturated heterocycles. The lowest BCUT2D eigenvalue weighted by molar-refractivity contribution is -0.141. The van der Waals surface area contributed by atoms with Crippen LogP contribution in [0.5, 0.6) is 5.75 Å². The van der Waals surface area contributed by atoms with Crippen LogP contribution in [0.3, 0.4) is 0 Å². The van der Waals surface area contributed by atoms with E-state index in [9.17, 15) is 23.5 Å². The van der Waals surface area contributed by atoms with E-state index in [1.54, 1.807) is 0 Å². The van der Waals surface area contributed by atoms with Crippen LogP contribution in [-0.2, 0) is 9.53 Å². The first-order chi connectivity index (χ1) is 17.3. The Balaban J connectivity index is 1.62. The number of halogens is 2. The highest BCUT2D eigenvalue weighted by Crippen LogP contribution is 2.29. The highest BCUT2D eigenvalue weighted by Gasteiger charge is 2.22. The van der Waals surface area contributed by atoms with Gasteiger partial charge in [0.05, 0.1) is 25.1 Å². The number of hydrogen-bond acceptors (Lipinski definition) is 4. The summed E-state index contributed by atoms with van der Waals surface area (Å²) in [6, 6.07) is 23.5. The van der Waals surface area contributed by atoms with Gasteiger partial charge in [-0.15, -0.1) is 0 Å². The van der Waals surface area contributed by atoms with Crippen LogP contribution >= 0.6 is 0 Å². The van der Waals surface area contributed by atoms with Crippen LogP contribution in [0.1, 0.15) is 28.4 Å². The van der Waals surface area contributed by atoms with E-state index in [4.69, 9.17) is 4.74 Å². The number of carbonyl (C=O) groups excluding carboxylic acids is 2. The number of phenolic OH excluding ortho intramolecular Hbond substituents is 1. The van der Waals surface area contributed by atoms with Gasteiger partial charge in [-0.3, -0.25) is 9.59 Å². The topological polar surface area (TPSA) is 75.6 Å². The molecule has 182 valence electrons. The minimum Gasteiger partial charge on any atom is -0.507 e. The molecule has 4 aromatic rings. The lowest BCUT2D eigenvalue weighted by atomic mass is 9.98. The van der Waals surface area contributed by atoms with Gasteiger partial charge in [-0.2, -0.15) is 0 Å². The Morgan fingerprint density at radius 3 is 2.06 bits per heavy atom. The van der Waals surface area contributed by atoms with E-state index in [-0.39, 0.29) is 23.3 Å². The van der Waals surface area contributed by atoms with Gasteiger partial charge in [0.25, 0.3) is 5.91 Å². The maximum atomic E-state index is 13.7. The summed E-state index contributed by atoms with van der Waals surface area (Å²) in [4.78, 5) is 25.2. The predicted octanol–water partition coefficient (Wildman–Crippen LogP) is 6.04. The van der Waals surface area contributed by atoms with E-state index >= 15 is 0 Å². The second-order valence-electron chi connectivity index (χ2n) is 8.18. The highest BCUT2D eigenvalue weighted by atomic mass is 19.1. The number of aromatic hydroxyl groups is 1. The third-order valence-electron chi connectivity index (χ3n) is 5.76. The maximum absolute atomic E-state index is 13.7. The third-order valence-corrected chi connectivity index (χ3v) is 5.76. The molecule has 0 saturated carbocycles. The number of phenols is 1. The van der Waals surface area contributed by atoms with Gasteiger partial charge in [0, 0.05) is 6.07 Å². The van der Waals surface area contributed by atoms with E-state index in [1.807, 2.05) is 54.6 Å². The Kier molecular flexibility index (Phi) is 7.39. The summed E-state index contributed by atoms with van der Waals surface area (Å²) < 4.78 is 32.2. The number of benzene rings is 4. The monoisotopic (exact) mass is 487 g/mol. The van der Waals surface area contributed by atoms with Crippen LogP contribution < -0.4 is 5.32 Å². The van der Waals surface area contributed by atoms with Crippen molar-refractivity contribution in [3.63, 3.8) is 0 Å². The molecule has 0 aliphatic rings. The van der Waals surface area contributed by atoms with E-state index in [1.165, 1.54) is 25.3 Å². The molecule has 0 spiro atoms. The van der Waals surface area contributed by atoms with Crippen molar-refractivity contribution in [2.24, 2.45) is 0 Å². The number of amides is 1. The lowest BCUT2D eigenvalue weighted by Gasteiger charge is -2.19. The van der Waals surface area contributed by atoms with E-state index < -0.39 is 29.6 Å². The molecule has 0 radical (unpaired) electrons. The van der Waals surface area contributed by atoms with Crippen LogP contribution in [0.25, 0.3) is 22.3 Å². The van der Waals surface area contributed by atoms with Gasteiger partial charge in [-0.25, -0.2) is 8.78 Å². The van der Waals surface area contributed by atoms with Crippen LogP contribution in [0.15, 0.2) is 91.0 Å². The zero-order valence-electron chi connectivity index (χ0n) is 19.4. The molecule has 0 heterocycles. The van der Waals surface area contributed by atoms with Crippen molar-refractivity contribution in [2.45, 2.75) is 12.5 Å². The number of hydrogen-bond donors (Lipinski definition) is 2. The summed E-state index contributed by atoms with van der Waals surface area (Å²) in [5.74, 6) is -3.03. The zero-order chi connectivity index (χ0) is 25.7. The number of nitrogens with one attached hydrogen (secondary N) is 1. The average molecular weight is 488 g/mol. The van der Waals surface area contributed by atoms with Gasteiger partial charge in [0.15, 0.2) is 0 Å². The fourth-order valence-electron chi connectivity index (χ4n) is 3.89. The summed E-state index contributed by atoms with van der Waals surface area (Å²) in [5, 5.41) is 13.1. The molecule has 5 nitrogen and oxygen atoms in total. The number of esters is 1. The van der Waals surface area contributed by atoms with Crippen LogP contribution in [0, 0.1) is 11.6 Å². The van der Waals surface area contributed by atoms with Crippen LogP contribution in [0.4, 0.5) is 8.78 Å². The molecule has 4 rings (SSSR count). The quantitative estimate of drug-likeness (QED) is 0.312. The molecular formula is C29H23F2NO4. The number of carbonyl (C=O) groups is 2. The summed E-state index contributed by atoms with van der Waals surface area (Å²) in [5.41, 5.74) is 3.10. The summed E-state index contributed by atoms with van der Waals surface area (Å²) >= 11 is 0. The average Bonchev–Trinajstić information content (AvgIpc) is 2.88. The molecule has 0 fully saturated rings. The molecular weight excluding hydrogens is 464 g/mol. The van der Waals surface area contributed by atoms with Crippen molar-refractivity contribution in [2.75, 3.05) is 7.11 Å². The molecule has 0 aliphatic heterocycles. The van der Waals surface area contributed by atoms with Crippen molar-refractivity contribution in [3.8, 4) is 28.0 Å². The summed E-state index contributed by atoms with van der Waals surface area (Å²) in [6.07, 6.45) is -0.136. The summed E-state index contributed by atoms with van der Waals surface area (Å²) in [6.45, 7) is 0. The molecule has 36 heavy (non-hydrogen) atoms. The standard InChI is InChI=1S/C29H23F2NO4/c1-36-28(34)17-26(20-9-7-19(8-10-20)18-5-3-2-4-6-18)32-29(35)25-15-21(11-12-27(25)33)22-13-23(30)16-24(31)14-22/h2-16,26,33H,17H2,1H3,(H,32,35). The number of rotatable bonds is 7. The molecule has 4 aromatic carbocycles. The Morgan fingerprint density at radius 2 is 1.42 bits per heavy atom. The molecule has 0 aromatic heterocycles. The van der Waals surface area contributed by atoms with E-state index in [2.05, 4.69) is 5.32 Å². The Hall–Kier alpha value is -4.52. The highest BCUT2D eigenvalue weighted by molar-refractivity contribution is 5.98. The fraction of sp³-hybridized carbons (Fsp3) is 0.103. The van der Waals surface area contributed by atoms with Crippen molar-refractivity contribution < 1.29 is 28.2 Å². The van der Waals surface area contributed by atoms with Crippen molar-refractivity contribution in [3.05, 3.63) is 114 Å². The molecule has 1 unspecified atom stereocenters. The fourth-order valence-corrected chi connectivity index (χ4v) is 3.89. The second-order valence-corrected chi connectivity index (χ2v) is 8.18. The molecule has 1 amide bonds. The van der Waals surface area contributed by atoms with Gasteiger partial charge < -0.3 is 15.2 Å². The smallest absolute Gasteiger partial charge is 0.307 e. The zero-order valence-corrected chi connectivity index (χ0v) is 19.4. The minimum atomic E-state index is -0.763. The molecule has 2 N–H and O–H groups in total. The third kappa shape index (κ3) is 5.75. The van der Waals surface area contributed by atoms with Crippen molar-refractivity contribution in [1.82, 2.24) is 5.32 Å². The first-order valence-electron chi connectivity index (χ1n) is 11.2. The molecule has 0 bridgehead atoms.